The van der Waals surface area contributed by atoms with Crippen LogP contribution in [0.1, 0.15) is 38.3 Å². The normalized spacial score (nSPS) is 18.5. The molecule has 1 aliphatic heterocycles. The monoisotopic (exact) mass is 544 g/mol. The lowest BCUT2D eigenvalue weighted by atomic mass is 10.1. The van der Waals surface area contributed by atoms with E-state index in [0.29, 0.717) is 44.4 Å². The molecule has 2 aromatic carbocycles. The summed E-state index contributed by atoms with van der Waals surface area (Å²) in [6.07, 6.45) is -4.69. The van der Waals surface area contributed by atoms with Gasteiger partial charge in [0, 0.05) is 36.2 Å². The van der Waals surface area contributed by atoms with Gasteiger partial charge in [-0.15, -0.1) is 11.8 Å². The van der Waals surface area contributed by atoms with Crippen LogP contribution >= 0.6 is 11.8 Å². The number of alkyl halides is 3. The minimum absolute atomic E-state index is 0.0292. The van der Waals surface area contributed by atoms with Crippen LogP contribution in [-0.4, -0.2) is 51.1 Å². The van der Waals surface area contributed by atoms with Crippen molar-refractivity contribution in [2.45, 2.75) is 64.1 Å². The Bertz CT molecular complexity index is 944. The topological polar surface area (TPSA) is 55.4 Å². The van der Waals surface area contributed by atoms with Crippen LogP contribution in [-0.2, 0) is 25.1 Å². The fourth-order valence-corrected chi connectivity index (χ4v) is 4.81. The zero-order valence-corrected chi connectivity index (χ0v) is 22.4. The molecular weight excluding hydrogens is 509 g/mol. The SMILES string of the molecule is CCOC(CC(COc1ccc(C(F)(F)F)cc1)CSc1ccc(OCC2OC(C)O2)c(C)c1)OCC. The van der Waals surface area contributed by atoms with Gasteiger partial charge in [-0.3, -0.25) is 0 Å². The van der Waals surface area contributed by atoms with Crippen LogP contribution < -0.4 is 9.47 Å². The van der Waals surface area contributed by atoms with Gasteiger partial charge in [0.2, 0.25) is 0 Å². The molecule has 6 nitrogen and oxygen atoms in total. The van der Waals surface area contributed by atoms with E-state index in [1.165, 1.54) is 12.1 Å². The highest BCUT2D eigenvalue weighted by Crippen LogP contribution is 2.32. The van der Waals surface area contributed by atoms with E-state index in [-0.39, 0.29) is 24.8 Å². The molecular formula is C27H35F3O6S. The molecule has 10 heteroatoms. The molecule has 3 rings (SSSR count). The molecule has 0 saturated carbocycles. The Kier molecular flexibility index (Phi) is 11.4. The van der Waals surface area contributed by atoms with E-state index in [1.807, 2.05) is 39.8 Å². The number of hydrogen-bond donors (Lipinski definition) is 0. The fourth-order valence-electron chi connectivity index (χ4n) is 3.73. The molecule has 206 valence electrons. The van der Waals surface area contributed by atoms with Crippen molar-refractivity contribution in [2.75, 3.05) is 32.2 Å². The average molecular weight is 545 g/mol. The second kappa shape index (κ2) is 14.2. The van der Waals surface area contributed by atoms with E-state index >= 15 is 0 Å². The first kappa shape index (κ1) is 29.6. The van der Waals surface area contributed by atoms with Gasteiger partial charge in [0.1, 0.15) is 18.1 Å². The maximum absolute atomic E-state index is 12.9. The van der Waals surface area contributed by atoms with E-state index in [9.17, 15) is 13.2 Å². The predicted octanol–water partition coefficient (Wildman–Crippen LogP) is 6.69. The molecule has 0 radical (unpaired) electrons. The van der Waals surface area contributed by atoms with Crippen molar-refractivity contribution >= 4 is 11.8 Å². The molecule has 1 fully saturated rings. The van der Waals surface area contributed by atoms with Gasteiger partial charge >= 0.3 is 6.18 Å². The van der Waals surface area contributed by atoms with Crippen molar-refractivity contribution in [3.63, 3.8) is 0 Å². The first-order valence-electron chi connectivity index (χ1n) is 12.4. The minimum atomic E-state index is -4.38. The van der Waals surface area contributed by atoms with Crippen LogP contribution in [0.5, 0.6) is 11.5 Å². The third-order valence-electron chi connectivity index (χ3n) is 5.59. The lowest BCUT2D eigenvalue weighted by molar-refractivity contribution is -0.380. The molecule has 1 saturated heterocycles. The molecule has 37 heavy (non-hydrogen) atoms. The number of halogens is 3. The number of rotatable bonds is 15. The summed E-state index contributed by atoms with van der Waals surface area (Å²) < 4.78 is 72.5. The number of ether oxygens (including phenoxy) is 6. The van der Waals surface area contributed by atoms with Crippen LogP contribution in [0.2, 0.25) is 0 Å². The fraction of sp³-hybridized carbons (Fsp3) is 0.556. The van der Waals surface area contributed by atoms with Gasteiger partial charge < -0.3 is 28.4 Å². The summed E-state index contributed by atoms with van der Waals surface area (Å²) in [7, 11) is 0. The second-order valence-electron chi connectivity index (χ2n) is 8.59. The Morgan fingerprint density at radius 1 is 0.973 bits per heavy atom. The Morgan fingerprint density at radius 2 is 1.65 bits per heavy atom. The summed E-state index contributed by atoms with van der Waals surface area (Å²) in [6, 6.07) is 10.7. The van der Waals surface area contributed by atoms with Crippen molar-refractivity contribution in [1.29, 1.82) is 0 Å². The van der Waals surface area contributed by atoms with E-state index < -0.39 is 11.7 Å². The number of hydrogen-bond acceptors (Lipinski definition) is 7. The third-order valence-corrected chi connectivity index (χ3v) is 6.82. The van der Waals surface area contributed by atoms with Crippen molar-refractivity contribution in [3.8, 4) is 11.5 Å². The Hall–Kier alpha value is -1.98. The maximum Gasteiger partial charge on any atom is 0.416 e. The smallest absolute Gasteiger partial charge is 0.416 e. The van der Waals surface area contributed by atoms with Crippen LogP contribution in [0.4, 0.5) is 13.2 Å². The zero-order valence-electron chi connectivity index (χ0n) is 21.6. The second-order valence-corrected chi connectivity index (χ2v) is 9.69. The van der Waals surface area contributed by atoms with Crippen molar-refractivity contribution < 1.29 is 41.6 Å². The standard InChI is InChI=1S/C27H35F3O6S/c1-5-31-25(32-6-2)14-20(15-33-22-9-7-21(8-10-22)27(28,29)30)17-37-23-11-12-24(18(3)13-23)34-16-26-35-19(4)36-26/h7-13,19-20,25-26H,5-6,14-17H2,1-4H3. The molecule has 1 unspecified atom stereocenters. The van der Waals surface area contributed by atoms with Gasteiger partial charge in [-0.2, -0.15) is 13.2 Å². The van der Waals surface area contributed by atoms with Gasteiger partial charge in [0.25, 0.3) is 0 Å². The summed E-state index contributed by atoms with van der Waals surface area (Å²) in [4.78, 5) is 1.07. The number of aryl methyl sites for hydroxylation is 1. The number of thioether (sulfide) groups is 1. The van der Waals surface area contributed by atoms with E-state index in [4.69, 9.17) is 28.4 Å². The lowest BCUT2D eigenvalue weighted by Crippen LogP contribution is -2.42. The summed E-state index contributed by atoms with van der Waals surface area (Å²) in [5.41, 5.74) is 0.293. The number of benzene rings is 2. The Balaban J connectivity index is 1.59. The summed E-state index contributed by atoms with van der Waals surface area (Å²) in [5, 5.41) is 0. The highest BCUT2D eigenvalue weighted by atomic mass is 32.2. The quantitative estimate of drug-likeness (QED) is 0.183. The van der Waals surface area contributed by atoms with Crippen LogP contribution in [0, 0.1) is 12.8 Å². The molecule has 1 aliphatic rings. The molecule has 1 atom stereocenters. The molecule has 1 heterocycles. The zero-order chi connectivity index (χ0) is 26.8. The average Bonchev–Trinajstić information content (AvgIpc) is 2.83. The van der Waals surface area contributed by atoms with Crippen LogP contribution in [0.15, 0.2) is 47.4 Å². The van der Waals surface area contributed by atoms with Crippen molar-refractivity contribution in [1.82, 2.24) is 0 Å². The van der Waals surface area contributed by atoms with Crippen LogP contribution in [0.3, 0.4) is 0 Å². The van der Waals surface area contributed by atoms with E-state index in [1.54, 1.807) is 11.8 Å². The van der Waals surface area contributed by atoms with Gasteiger partial charge in [-0.25, -0.2) is 0 Å². The molecule has 0 aromatic heterocycles. The highest BCUT2D eigenvalue weighted by Gasteiger charge is 2.30. The summed E-state index contributed by atoms with van der Waals surface area (Å²) >= 11 is 1.67. The summed E-state index contributed by atoms with van der Waals surface area (Å²) in [5.74, 6) is 1.89. The van der Waals surface area contributed by atoms with Crippen molar-refractivity contribution in [3.05, 3.63) is 53.6 Å². The Morgan fingerprint density at radius 3 is 2.22 bits per heavy atom. The summed E-state index contributed by atoms with van der Waals surface area (Å²) in [6.45, 7) is 9.31. The minimum Gasteiger partial charge on any atom is -0.493 e. The van der Waals surface area contributed by atoms with Gasteiger partial charge in [-0.05, 0) is 75.7 Å². The Labute approximate surface area is 220 Å². The first-order valence-corrected chi connectivity index (χ1v) is 13.4. The van der Waals surface area contributed by atoms with Crippen molar-refractivity contribution in [2.24, 2.45) is 5.92 Å². The lowest BCUT2D eigenvalue weighted by Gasteiger charge is -2.33. The highest BCUT2D eigenvalue weighted by molar-refractivity contribution is 7.99. The van der Waals surface area contributed by atoms with E-state index in [0.717, 1.165) is 28.3 Å². The van der Waals surface area contributed by atoms with Crippen LogP contribution in [0.25, 0.3) is 0 Å². The van der Waals surface area contributed by atoms with Gasteiger partial charge in [0.15, 0.2) is 18.9 Å². The molecule has 0 spiro atoms. The largest absolute Gasteiger partial charge is 0.493 e. The first-order chi connectivity index (χ1) is 17.7. The maximum atomic E-state index is 12.9. The van der Waals surface area contributed by atoms with Gasteiger partial charge in [0.05, 0.1) is 12.2 Å². The third kappa shape index (κ3) is 9.68. The van der Waals surface area contributed by atoms with E-state index in [2.05, 4.69) is 6.07 Å². The molecule has 0 bridgehead atoms. The van der Waals surface area contributed by atoms with Gasteiger partial charge in [-0.1, -0.05) is 0 Å². The molecule has 0 aliphatic carbocycles. The predicted molar refractivity (Wildman–Crippen MR) is 135 cm³/mol. The molecule has 0 amide bonds. The molecule has 2 aromatic rings. The molecule has 0 N–H and O–H groups in total.